The number of rotatable bonds is 4. The zero-order chi connectivity index (χ0) is 10.6. The SMILES string of the molecule is CSc1cccc(C(C)CN)c1SC. The largest absolute Gasteiger partial charge is 0.330 e. The highest BCUT2D eigenvalue weighted by Gasteiger charge is 2.11. The van der Waals surface area contributed by atoms with E-state index in [2.05, 4.69) is 37.6 Å². The molecule has 0 bridgehead atoms. The molecule has 1 atom stereocenters. The highest BCUT2D eigenvalue weighted by molar-refractivity contribution is 8.01. The van der Waals surface area contributed by atoms with Crippen LogP contribution in [0, 0.1) is 0 Å². The summed E-state index contributed by atoms with van der Waals surface area (Å²) in [4.78, 5) is 2.74. The third-order valence-electron chi connectivity index (χ3n) is 2.32. The molecule has 0 fully saturated rings. The first kappa shape index (κ1) is 12.0. The van der Waals surface area contributed by atoms with E-state index in [9.17, 15) is 0 Å². The summed E-state index contributed by atoms with van der Waals surface area (Å²) < 4.78 is 0. The Bertz CT molecular complexity index is 299. The lowest BCUT2D eigenvalue weighted by atomic mass is 10.0. The van der Waals surface area contributed by atoms with Crippen molar-refractivity contribution < 1.29 is 0 Å². The van der Waals surface area contributed by atoms with E-state index in [1.165, 1.54) is 15.4 Å². The van der Waals surface area contributed by atoms with Gasteiger partial charge in [-0.1, -0.05) is 19.1 Å². The lowest BCUT2D eigenvalue weighted by Gasteiger charge is -2.15. The van der Waals surface area contributed by atoms with Gasteiger partial charge in [-0.2, -0.15) is 0 Å². The molecule has 3 heteroatoms. The summed E-state index contributed by atoms with van der Waals surface area (Å²) >= 11 is 3.61. The van der Waals surface area contributed by atoms with E-state index in [1.807, 2.05) is 11.8 Å². The molecule has 1 aromatic carbocycles. The van der Waals surface area contributed by atoms with Gasteiger partial charge in [-0.25, -0.2) is 0 Å². The summed E-state index contributed by atoms with van der Waals surface area (Å²) in [5.41, 5.74) is 7.08. The van der Waals surface area contributed by atoms with E-state index in [4.69, 9.17) is 5.73 Å². The molecule has 1 aromatic rings. The third-order valence-corrected chi connectivity index (χ3v) is 4.09. The fourth-order valence-corrected chi connectivity index (χ4v) is 3.22. The fraction of sp³-hybridized carbons (Fsp3) is 0.455. The first-order valence-corrected chi connectivity index (χ1v) is 7.10. The molecule has 0 aliphatic rings. The van der Waals surface area contributed by atoms with Crippen molar-refractivity contribution >= 4 is 23.5 Å². The highest BCUT2D eigenvalue weighted by Crippen LogP contribution is 2.34. The second-order valence-electron chi connectivity index (χ2n) is 3.22. The van der Waals surface area contributed by atoms with E-state index in [0.29, 0.717) is 12.5 Å². The molecule has 0 aliphatic heterocycles. The van der Waals surface area contributed by atoms with Crippen LogP contribution in [-0.2, 0) is 0 Å². The summed E-state index contributed by atoms with van der Waals surface area (Å²) in [6.07, 6.45) is 4.24. The molecule has 0 heterocycles. The van der Waals surface area contributed by atoms with E-state index in [-0.39, 0.29) is 0 Å². The molecule has 0 saturated heterocycles. The van der Waals surface area contributed by atoms with Gasteiger partial charge in [0.25, 0.3) is 0 Å². The topological polar surface area (TPSA) is 26.0 Å². The molecule has 0 saturated carbocycles. The predicted molar refractivity (Wildman–Crippen MR) is 67.5 cm³/mol. The van der Waals surface area contributed by atoms with Crippen LogP contribution in [0.25, 0.3) is 0 Å². The van der Waals surface area contributed by atoms with Gasteiger partial charge in [0.2, 0.25) is 0 Å². The lowest BCUT2D eigenvalue weighted by molar-refractivity contribution is 0.751. The number of nitrogens with two attached hydrogens (primary N) is 1. The molecule has 0 radical (unpaired) electrons. The van der Waals surface area contributed by atoms with Gasteiger partial charge >= 0.3 is 0 Å². The van der Waals surface area contributed by atoms with Gasteiger partial charge in [-0.05, 0) is 36.6 Å². The van der Waals surface area contributed by atoms with Crippen molar-refractivity contribution in [3.8, 4) is 0 Å². The Labute approximate surface area is 94.8 Å². The van der Waals surface area contributed by atoms with Crippen molar-refractivity contribution in [2.45, 2.75) is 22.6 Å². The van der Waals surface area contributed by atoms with Crippen LogP contribution < -0.4 is 5.73 Å². The van der Waals surface area contributed by atoms with Gasteiger partial charge in [0.05, 0.1) is 0 Å². The highest BCUT2D eigenvalue weighted by atomic mass is 32.2. The summed E-state index contributed by atoms with van der Waals surface area (Å²) in [5, 5.41) is 0. The Morgan fingerprint density at radius 3 is 2.50 bits per heavy atom. The third kappa shape index (κ3) is 2.47. The van der Waals surface area contributed by atoms with Crippen molar-refractivity contribution in [3.05, 3.63) is 23.8 Å². The van der Waals surface area contributed by atoms with Gasteiger partial charge < -0.3 is 5.73 Å². The molecular formula is C11H17NS2. The molecule has 0 amide bonds. The van der Waals surface area contributed by atoms with E-state index in [1.54, 1.807) is 11.8 Å². The van der Waals surface area contributed by atoms with Gasteiger partial charge in [-0.3, -0.25) is 0 Å². The van der Waals surface area contributed by atoms with E-state index in [0.717, 1.165) is 0 Å². The normalized spacial score (nSPS) is 12.9. The standard InChI is InChI=1S/C11H17NS2/c1-8(7-12)9-5-4-6-10(13-2)11(9)14-3/h4-6,8H,7,12H2,1-3H3. The summed E-state index contributed by atoms with van der Waals surface area (Å²) in [6, 6.07) is 6.47. The quantitative estimate of drug-likeness (QED) is 0.800. The summed E-state index contributed by atoms with van der Waals surface area (Å²) in [6.45, 7) is 2.89. The van der Waals surface area contributed by atoms with Crippen molar-refractivity contribution in [1.29, 1.82) is 0 Å². The molecule has 0 aromatic heterocycles. The van der Waals surface area contributed by atoms with Crippen LogP contribution in [0.1, 0.15) is 18.4 Å². The number of thioether (sulfide) groups is 2. The van der Waals surface area contributed by atoms with Gasteiger partial charge in [0, 0.05) is 9.79 Å². The van der Waals surface area contributed by atoms with Crippen LogP contribution in [0.5, 0.6) is 0 Å². The molecule has 1 rings (SSSR count). The van der Waals surface area contributed by atoms with Crippen molar-refractivity contribution in [2.24, 2.45) is 5.73 Å². The number of hydrogen-bond donors (Lipinski definition) is 1. The fourth-order valence-electron chi connectivity index (χ4n) is 1.43. The van der Waals surface area contributed by atoms with Crippen LogP contribution in [0.2, 0.25) is 0 Å². The second-order valence-corrected chi connectivity index (χ2v) is 4.88. The zero-order valence-corrected chi connectivity index (χ0v) is 10.5. The minimum Gasteiger partial charge on any atom is -0.330 e. The van der Waals surface area contributed by atoms with Crippen LogP contribution in [-0.4, -0.2) is 19.1 Å². The molecule has 0 aliphatic carbocycles. The van der Waals surface area contributed by atoms with Crippen LogP contribution in [0.15, 0.2) is 28.0 Å². The lowest BCUT2D eigenvalue weighted by Crippen LogP contribution is -2.10. The first-order chi connectivity index (χ1) is 6.74. The molecule has 1 unspecified atom stereocenters. The molecule has 0 spiro atoms. The number of benzene rings is 1. The maximum Gasteiger partial charge on any atom is 0.0240 e. The second kappa shape index (κ2) is 5.69. The Morgan fingerprint density at radius 1 is 1.29 bits per heavy atom. The molecular weight excluding hydrogens is 210 g/mol. The average molecular weight is 227 g/mol. The van der Waals surface area contributed by atoms with Crippen LogP contribution >= 0.6 is 23.5 Å². The maximum atomic E-state index is 5.70. The van der Waals surface area contributed by atoms with Crippen LogP contribution in [0.4, 0.5) is 0 Å². The molecule has 2 N–H and O–H groups in total. The Balaban J connectivity index is 3.14. The summed E-state index contributed by atoms with van der Waals surface area (Å²) in [5.74, 6) is 0.449. The Hall–Kier alpha value is -0.120. The summed E-state index contributed by atoms with van der Waals surface area (Å²) in [7, 11) is 0. The van der Waals surface area contributed by atoms with Gasteiger partial charge in [0.15, 0.2) is 0 Å². The van der Waals surface area contributed by atoms with E-state index >= 15 is 0 Å². The Morgan fingerprint density at radius 2 is 2.00 bits per heavy atom. The van der Waals surface area contributed by atoms with Gasteiger partial charge in [0.1, 0.15) is 0 Å². The molecule has 78 valence electrons. The van der Waals surface area contributed by atoms with Crippen molar-refractivity contribution in [3.63, 3.8) is 0 Å². The number of hydrogen-bond acceptors (Lipinski definition) is 3. The maximum absolute atomic E-state index is 5.70. The minimum atomic E-state index is 0.449. The van der Waals surface area contributed by atoms with Crippen LogP contribution in [0.3, 0.4) is 0 Å². The zero-order valence-electron chi connectivity index (χ0n) is 8.91. The monoisotopic (exact) mass is 227 g/mol. The predicted octanol–water partition coefficient (Wildman–Crippen LogP) is 3.19. The smallest absolute Gasteiger partial charge is 0.0240 e. The first-order valence-electron chi connectivity index (χ1n) is 4.65. The molecule has 14 heavy (non-hydrogen) atoms. The van der Waals surface area contributed by atoms with Crippen molar-refractivity contribution in [2.75, 3.05) is 19.1 Å². The average Bonchev–Trinajstić information content (AvgIpc) is 2.26. The Kier molecular flexibility index (Phi) is 4.85. The van der Waals surface area contributed by atoms with E-state index < -0.39 is 0 Å². The van der Waals surface area contributed by atoms with Gasteiger partial charge in [-0.15, -0.1) is 23.5 Å². The van der Waals surface area contributed by atoms with Crippen molar-refractivity contribution in [1.82, 2.24) is 0 Å². The molecule has 1 nitrogen and oxygen atoms in total. The minimum absolute atomic E-state index is 0.449.